The van der Waals surface area contributed by atoms with Crippen molar-refractivity contribution in [2.45, 2.75) is 6.92 Å². The Kier molecular flexibility index (Phi) is 4.17. The molecule has 6 heteroatoms. The highest BCUT2D eigenvalue weighted by atomic mass is 35.5. The molecule has 1 heterocycles. The number of alkyl halides is 1. The Balaban J connectivity index is 2.23. The molecular formula is C13H13ClFNO3. The van der Waals surface area contributed by atoms with Crippen LogP contribution in [-0.4, -0.2) is 37.3 Å². The van der Waals surface area contributed by atoms with Crippen molar-refractivity contribution in [2.24, 2.45) is 0 Å². The summed E-state index contributed by atoms with van der Waals surface area (Å²) in [5, 5.41) is 0. The standard InChI is InChI=1S/C13H13ClFNO3/c1-8-6-9(15)7-10-11(8)16(13(18)12(10)17)3-5-19-4-2-14/h6-7H,2-5H2,1H3. The largest absolute Gasteiger partial charge is 0.378 e. The lowest BCUT2D eigenvalue weighted by Gasteiger charge is -2.18. The van der Waals surface area contributed by atoms with Crippen LogP contribution in [0.2, 0.25) is 0 Å². The highest BCUT2D eigenvalue weighted by Crippen LogP contribution is 2.32. The monoisotopic (exact) mass is 285 g/mol. The number of hydrogen-bond donors (Lipinski definition) is 0. The minimum Gasteiger partial charge on any atom is -0.378 e. The zero-order chi connectivity index (χ0) is 14.0. The maximum atomic E-state index is 13.3. The average Bonchev–Trinajstić information content (AvgIpc) is 2.60. The van der Waals surface area contributed by atoms with E-state index in [1.54, 1.807) is 6.92 Å². The maximum absolute atomic E-state index is 13.3. The van der Waals surface area contributed by atoms with Crippen molar-refractivity contribution >= 4 is 29.0 Å². The van der Waals surface area contributed by atoms with Gasteiger partial charge in [0.15, 0.2) is 0 Å². The Morgan fingerprint density at radius 3 is 2.74 bits per heavy atom. The third-order valence-electron chi connectivity index (χ3n) is 2.90. The van der Waals surface area contributed by atoms with E-state index in [9.17, 15) is 14.0 Å². The van der Waals surface area contributed by atoms with E-state index in [1.165, 1.54) is 11.0 Å². The molecular weight excluding hydrogens is 273 g/mol. The summed E-state index contributed by atoms with van der Waals surface area (Å²) in [6.07, 6.45) is 0. The Hall–Kier alpha value is -1.46. The summed E-state index contributed by atoms with van der Waals surface area (Å²) >= 11 is 5.47. The maximum Gasteiger partial charge on any atom is 0.299 e. The first-order valence-corrected chi connectivity index (χ1v) is 6.39. The van der Waals surface area contributed by atoms with Crippen LogP contribution in [0.1, 0.15) is 15.9 Å². The summed E-state index contributed by atoms with van der Waals surface area (Å²) in [4.78, 5) is 25.0. The zero-order valence-corrected chi connectivity index (χ0v) is 11.2. The quantitative estimate of drug-likeness (QED) is 0.472. The predicted octanol–water partition coefficient (Wildman–Crippen LogP) is 1.92. The van der Waals surface area contributed by atoms with Crippen LogP contribution in [0.5, 0.6) is 0 Å². The van der Waals surface area contributed by atoms with E-state index in [-0.39, 0.29) is 18.7 Å². The first kappa shape index (κ1) is 14.0. The molecule has 1 aliphatic rings. The van der Waals surface area contributed by atoms with Crippen molar-refractivity contribution in [3.63, 3.8) is 0 Å². The van der Waals surface area contributed by atoms with Gasteiger partial charge in [0.1, 0.15) is 5.82 Å². The second-order valence-electron chi connectivity index (χ2n) is 4.21. The summed E-state index contributed by atoms with van der Waals surface area (Å²) in [6, 6.07) is 2.40. The number of benzene rings is 1. The second kappa shape index (κ2) is 5.67. The predicted molar refractivity (Wildman–Crippen MR) is 69.4 cm³/mol. The van der Waals surface area contributed by atoms with E-state index in [1.807, 2.05) is 0 Å². The number of ketones is 1. The normalized spacial score (nSPS) is 14.2. The van der Waals surface area contributed by atoms with Gasteiger partial charge in [-0.15, -0.1) is 11.6 Å². The topological polar surface area (TPSA) is 46.6 Å². The molecule has 0 saturated carbocycles. The molecule has 102 valence electrons. The third-order valence-corrected chi connectivity index (χ3v) is 3.05. The number of carbonyl (C=O) groups is 2. The molecule has 1 aliphatic heterocycles. The van der Waals surface area contributed by atoms with Crippen LogP contribution in [0.3, 0.4) is 0 Å². The summed E-state index contributed by atoms with van der Waals surface area (Å²) < 4.78 is 18.5. The minimum absolute atomic E-state index is 0.125. The van der Waals surface area contributed by atoms with E-state index >= 15 is 0 Å². The van der Waals surface area contributed by atoms with Gasteiger partial charge in [0.25, 0.3) is 11.7 Å². The van der Waals surface area contributed by atoms with Crippen LogP contribution in [0.4, 0.5) is 10.1 Å². The van der Waals surface area contributed by atoms with Crippen molar-refractivity contribution in [1.29, 1.82) is 0 Å². The van der Waals surface area contributed by atoms with Gasteiger partial charge in [0.2, 0.25) is 0 Å². The first-order valence-electron chi connectivity index (χ1n) is 5.86. The number of aryl methyl sites for hydroxylation is 1. The molecule has 1 aromatic carbocycles. The number of hydrogen-bond acceptors (Lipinski definition) is 3. The van der Waals surface area contributed by atoms with E-state index in [0.717, 1.165) is 6.07 Å². The molecule has 0 saturated heterocycles. The Bertz CT molecular complexity index is 533. The van der Waals surface area contributed by atoms with Crippen LogP contribution in [0, 0.1) is 12.7 Å². The Morgan fingerprint density at radius 1 is 1.32 bits per heavy atom. The van der Waals surface area contributed by atoms with Gasteiger partial charge < -0.3 is 9.64 Å². The van der Waals surface area contributed by atoms with Gasteiger partial charge in [-0.3, -0.25) is 9.59 Å². The summed E-state index contributed by atoms with van der Waals surface area (Å²) in [7, 11) is 0. The fourth-order valence-electron chi connectivity index (χ4n) is 2.13. The molecule has 0 aliphatic carbocycles. The molecule has 0 fully saturated rings. The van der Waals surface area contributed by atoms with Gasteiger partial charge in [-0.25, -0.2) is 4.39 Å². The molecule has 1 amide bonds. The molecule has 0 N–H and O–H groups in total. The van der Waals surface area contributed by atoms with Gasteiger partial charge in [0, 0.05) is 12.4 Å². The van der Waals surface area contributed by atoms with Gasteiger partial charge in [-0.05, 0) is 24.6 Å². The third kappa shape index (κ3) is 2.62. The number of nitrogens with zero attached hydrogens (tertiary/aromatic N) is 1. The Labute approximate surface area is 115 Å². The average molecular weight is 286 g/mol. The van der Waals surface area contributed by atoms with Crippen LogP contribution >= 0.6 is 11.6 Å². The molecule has 2 rings (SSSR count). The fourth-order valence-corrected chi connectivity index (χ4v) is 2.24. The lowest BCUT2D eigenvalue weighted by Crippen LogP contribution is -2.33. The van der Waals surface area contributed by atoms with Gasteiger partial charge >= 0.3 is 0 Å². The van der Waals surface area contributed by atoms with Crippen molar-refractivity contribution in [1.82, 2.24) is 0 Å². The van der Waals surface area contributed by atoms with Crippen molar-refractivity contribution in [2.75, 3.05) is 30.5 Å². The molecule has 0 bridgehead atoms. The number of amides is 1. The number of carbonyl (C=O) groups excluding carboxylic acids is 2. The first-order chi connectivity index (χ1) is 9.06. The zero-order valence-electron chi connectivity index (χ0n) is 10.4. The van der Waals surface area contributed by atoms with Gasteiger partial charge in [-0.1, -0.05) is 0 Å². The van der Waals surface area contributed by atoms with Crippen LogP contribution in [0.25, 0.3) is 0 Å². The Morgan fingerprint density at radius 2 is 2.05 bits per heavy atom. The number of Topliss-reactive ketones (excluding diaryl/α,β-unsaturated/α-hetero) is 1. The van der Waals surface area contributed by atoms with Crippen LogP contribution in [0.15, 0.2) is 12.1 Å². The van der Waals surface area contributed by atoms with E-state index in [2.05, 4.69) is 0 Å². The number of ether oxygens (including phenoxy) is 1. The number of fused-ring (bicyclic) bond motifs is 1. The van der Waals surface area contributed by atoms with Crippen LogP contribution in [-0.2, 0) is 9.53 Å². The smallest absolute Gasteiger partial charge is 0.299 e. The van der Waals surface area contributed by atoms with Crippen LogP contribution < -0.4 is 4.90 Å². The van der Waals surface area contributed by atoms with E-state index in [4.69, 9.17) is 16.3 Å². The molecule has 0 unspecified atom stereocenters. The minimum atomic E-state index is -0.671. The SMILES string of the molecule is Cc1cc(F)cc2c1N(CCOCCCl)C(=O)C2=O. The molecule has 1 aromatic rings. The highest BCUT2D eigenvalue weighted by molar-refractivity contribution is 6.52. The second-order valence-corrected chi connectivity index (χ2v) is 4.58. The molecule has 19 heavy (non-hydrogen) atoms. The van der Waals surface area contributed by atoms with Crippen molar-refractivity contribution < 1.29 is 18.7 Å². The fraction of sp³-hybridized carbons (Fsp3) is 0.385. The van der Waals surface area contributed by atoms with Gasteiger partial charge in [0.05, 0.1) is 24.5 Å². The molecule has 0 atom stereocenters. The summed E-state index contributed by atoms with van der Waals surface area (Å²) in [5.41, 5.74) is 1.16. The van der Waals surface area contributed by atoms with Gasteiger partial charge in [-0.2, -0.15) is 0 Å². The summed E-state index contributed by atoms with van der Waals surface area (Å²) in [5.74, 6) is -1.46. The van der Waals surface area contributed by atoms with E-state index in [0.29, 0.717) is 23.7 Å². The number of rotatable bonds is 5. The lowest BCUT2D eigenvalue weighted by molar-refractivity contribution is -0.114. The molecule has 0 aromatic heterocycles. The molecule has 0 spiro atoms. The number of anilines is 1. The van der Waals surface area contributed by atoms with Crippen molar-refractivity contribution in [3.8, 4) is 0 Å². The van der Waals surface area contributed by atoms with Crippen molar-refractivity contribution in [3.05, 3.63) is 29.1 Å². The highest BCUT2D eigenvalue weighted by Gasteiger charge is 2.37. The van der Waals surface area contributed by atoms with E-state index < -0.39 is 17.5 Å². The summed E-state index contributed by atoms with van der Waals surface area (Å²) in [6.45, 7) is 2.58. The molecule has 4 nitrogen and oxygen atoms in total. The molecule has 0 radical (unpaired) electrons. The number of halogens is 2. The lowest BCUT2D eigenvalue weighted by atomic mass is 10.1.